The van der Waals surface area contributed by atoms with Gasteiger partial charge in [-0.3, -0.25) is 4.79 Å². The number of carbonyl (C=O) groups excluding carboxylic acids is 1. The standard InChI is InChI=1S/C14H26N2O3/c1-15-12-3-2-7-16(11-12)14(17)6-10-19-13-4-8-18-9-5-13/h12-13,15H,2-11H2,1H3. The molecule has 5 nitrogen and oxygen atoms in total. The monoisotopic (exact) mass is 270 g/mol. The van der Waals surface area contributed by atoms with Gasteiger partial charge >= 0.3 is 0 Å². The van der Waals surface area contributed by atoms with Gasteiger partial charge in [-0.2, -0.15) is 0 Å². The second kappa shape index (κ2) is 7.82. The molecule has 0 aromatic carbocycles. The fraction of sp³-hybridized carbons (Fsp3) is 0.929. The lowest BCUT2D eigenvalue weighted by Gasteiger charge is -2.32. The summed E-state index contributed by atoms with van der Waals surface area (Å²) in [5.41, 5.74) is 0. The predicted octanol–water partition coefficient (Wildman–Crippen LogP) is 0.783. The van der Waals surface area contributed by atoms with Crippen molar-refractivity contribution in [2.24, 2.45) is 0 Å². The number of nitrogens with zero attached hydrogens (tertiary/aromatic N) is 1. The van der Waals surface area contributed by atoms with Crippen molar-refractivity contribution in [3.05, 3.63) is 0 Å². The zero-order valence-electron chi connectivity index (χ0n) is 11.9. The van der Waals surface area contributed by atoms with Crippen LogP contribution in [0.5, 0.6) is 0 Å². The highest BCUT2D eigenvalue weighted by atomic mass is 16.5. The maximum atomic E-state index is 12.1. The van der Waals surface area contributed by atoms with E-state index in [1.807, 2.05) is 11.9 Å². The van der Waals surface area contributed by atoms with E-state index in [0.29, 0.717) is 19.1 Å². The van der Waals surface area contributed by atoms with E-state index >= 15 is 0 Å². The van der Waals surface area contributed by atoms with Crippen molar-refractivity contribution in [1.82, 2.24) is 10.2 Å². The molecular weight excluding hydrogens is 244 g/mol. The van der Waals surface area contributed by atoms with Crippen LogP contribution in [0.2, 0.25) is 0 Å². The molecule has 1 amide bonds. The molecule has 2 heterocycles. The first-order chi connectivity index (χ1) is 9.29. The van der Waals surface area contributed by atoms with E-state index in [1.54, 1.807) is 0 Å². The van der Waals surface area contributed by atoms with Gasteiger partial charge in [0.05, 0.1) is 19.1 Å². The molecule has 19 heavy (non-hydrogen) atoms. The van der Waals surface area contributed by atoms with E-state index < -0.39 is 0 Å². The molecule has 1 N–H and O–H groups in total. The molecule has 0 radical (unpaired) electrons. The van der Waals surface area contributed by atoms with Gasteiger partial charge in [0.1, 0.15) is 0 Å². The summed E-state index contributed by atoms with van der Waals surface area (Å²) in [7, 11) is 1.97. The maximum Gasteiger partial charge on any atom is 0.224 e. The Morgan fingerprint density at radius 2 is 2.16 bits per heavy atom. The minimum atomic E-state index is 0.229. The van der Waals surface area contributed by atoms with Crippen LogP contribution in [0.3, 0.4) is 0 Å². The molecule has 110 valence electrons. The highest BCUT2D eigenvalue weighted by Crippen LogP contribution is 2.13. The number of likely N-dealkylation sites (N-methyl/N-ethyl adjacent to an activating group) is 1. The van der Waals surface area contributed by atoms with E-state index in [9.17, 15) is 4.79 Å². The molecular formula is C14H26N2O3. The van der Waals surface area contributed by atoms with Crippen molar-refractivity contribution < 1.29 is 14.3 Å². The van der Waals surface area contributed by atoms with Crippen LogP contribution in [0.4, 0.5) is 0 Å². The third-order valence-electron chi connectivity index (χ3n) is 4.02. The van der Waals surface area contributed by atoms with Crippen LogP contribution in [-0.2, 0) is 14.3 Å². The Labute approximate surface area is 115 Å². The first-order valence-electron chi connectivity index (χ1n) is 7.44. The Bertz CT molecular complexity index is 280. The van der Waals surface area contributed by atoms with Gasteiger partial charge in [0.25, 0.3) is 0 Å². The highest BCUT2D eigenvalue weighted by molar-refractivity contribution is 5.76. The summed E-state index contributed by atoms with van der Waals surface area (Å²) in [5.74, 6) is 0.229. The van der Waals surface area contributed by atoms with Crippen LogP contribution in [0.15, 0.2) is 0 Å². The molecule has 0 aromatic heterocycles. The maximum absolute atomic E-state index is 12.1. The molecule has 0 saturated carbocycles. The SMILES string of the molecule is CNC1CCCN(C(=O)CCOC2CCOCC2)C1. The molecule has 0 aliphatic carbocycles. The van der Waals surface area contributed by atoms with Crippen LogP contribution >= 0.6 is 0 Å². The van der Waals surface area contributed by atoms with E-state index in [-0.39, 0.29) is 12.0 Å². The number of hydrogen-bond donors (Lipinski definition) is 1. The lowest BCUT2D eigenvalue weighted by molar-refractivity contribution is -0.134. The number of likely N-dealkylation sites (tertiary alicyclic amines) is 1. The average molecular weight is 270 g/mol. The summed E-state index contributed by atoms with van der Waals surface area (Å²) in [6, 6.07) is 0.453. The lowest BCUT2D eigenvalue weighted by Crippen LogP contribution is -2.47. The Kier molecular flexibility index (Phi) is 6.07. The van der Waals surface area contributed by atoms with Crippen molar-refractivity contribution in [2.45, 2.75) is 44.2 Å². The number of piperidine rings is 1. The van der Waals surface area contributed by atoms with Gasteiger partial charge in [-0.15, -0.1) is 0 Å². The van der Waals surface area contributed by atoms with Gasteiger partial charge in [0.15, 0.2) is 0 Å². The predicted molar refractivity (Wildman–Crippen MR) is 73.1 cm³/mol. The Morgan fingerprint density at radius 3 is 2.89 bits per heavy atom. The van der Waals surface area contributed by atoms with E-state index in [4.69, 9.17) is 9.47 Å². The minimum Gasteiger partial charge on any atom is -0.381 e. The second-order valence-electron chi connectivity index (χ2n) is 5.40. The second-order valence-corrected chi connectivity index (χ2v) is 5.40. The molecule has 0 aromatic rings. The normalized spacial score (nSPS) is 25.5. The van der Waals surface area contributed by atoms with Crippen molar-refractivity contribution in [3.63, 3.8) is 0 Å². The largest absolute Gasteiger partial charge is 0.381 e. The minimum absolute atomic E-state index is 0.229. The van der Waals surface area contributed by atoms with Crippen LogP contribution in [0.25, 0.3) is 0 Å². The summed E-state index contributed by atoms with van der Waals surface area (Å²) in [6.07, 6.45) is 4.97. The first-order valence-corrected chi connectivity index (χ1v) is 7.44. The fourth-order valence-corrected chi connectivity index (χ4v) is 2.75. The number of ether oxygens (including phenoxy) is 2. The Balaban J connectivity index is 1.63. The summed E-state index contributed by atoms with van der Waals surface area (Å²) < 4.78 is 11.0. The third kappa shape index (κ3) is 4.75. The molecule has 2 saturated heterocycles. The van der Waals surface area contributed by atoms with Crippen molar-refractivity contribution >= 4 is 5.91 Å². The average Bonchev–Trinajstić information content (AvgIpc) is 2.48. The summed E-state index contributed by atoms with van der Waals surface area (Å²) in [4.78, 5) is 14.1. The van der Waals surface area contributed by atoms with Crippen LogP contribution in [0.1, 0.15) is 32.1 Å². The molecule has 2 aliphatic heterocycles. The topological polar surface area (TPSA) is 50.8 Å². The summed E-state index contributed by atoms with van der Waals surface area (Å²) >= 11 is 0. The molecule has 2 rings (SSSR count). The number of carbonyl (C=O) groups is 1. The molecule has 2 fully saturated rings. The molecule has 1 atom stereocenters. The third-order valence-corrected chi connectivity index (χ3v) is 4.02. The smallest absolute Gasteiger partial charge is 0.224 e. The summed E-state index contributed by atoms with van der Waals surface area (Å²) in [6.45, 7) is 3.86. The quantitative estimate of drug-likeness (QED) is 0.802. The molecule has 0 bridgehead atoms. The van der Waals surface area contributed by atoms with Gasteiger partial charge in [-0.1, -0.05) is 0 Å². The lowest BCUT2D eigenvalue weighted by atomic mass is 10.1. The van der Waals surface area contributed by atoms with Gasteiger partial charge in [0.2, 0.25) is 5.91 Å². The van der Waals surface area contributed by atoms with Gasteiger partial charge in [-0.05, 0) is 32.7 Å². The van der Waals surface area contributed by atoms with E-state index in [0.717, 1.165) is 45.6 Å². The zero-order valence-corrected chi connectivity index (χ0v) is 11.9. The Hall–Kier alpha value is -0.650. The molecule has 5 heteroatoms. The number of nitrogens with one attached hydrogen (secondary N) is 1. The first kappa shape index (κ1) is 14.8. The highest BCUT2D eigenvalue weighted by Gasteiger charge is 2.22. The van der Waals surface area contributed by atoms with Crippen LogP contribution in [-0.4, -0.2) is 62.9 Å². The molecule has 2 aliphatic rings. The van der Waals surface area contributed by atoms with E-state index in [1.165, 1.54) is 6.42 Å². The van der Waals surface area contributed by atoms with Crippen molar-refractivity contribution in [3.8, 4) is 0 Å². The van der Waals surface area contributed by atoms with E-state index in [2.05, 4.69) is 5.32 Å². The van der Waals surface area contributed by atoms with Gasteiger partial charge in [-0.25, -0.2) is 0 Å². The van der Waals surface area contributed by atoms with Crippen LogP contribution < -0.4 is 5.32 Å². The number of hydrogen-bond acceptors (Lipinski definition) is 4. The zero-order chi connectivity index (χ0) is 13.5. The van der Waals surface area contributed by atoms with Gasteiger partial charge in [0, 0.05) is 32.3 Å². The number of rotatable bonds is 5. The molecule has 1 unspecified atom stereocenters. The molecule has 0 spiro atoms. The van der Waals surface area contributed by atoms with Crippen LogP contribution in [0, 0.1) is 0 Å². The van der Waals surface area contributed by atoms with Gasteiger partial charge < -0.3 is 19.7 Å². The van der Waals surface area contributed by atoms with Crippen molar-refractivity contribution in [2.75, 3.05) is 40.0 Å². The summed E-state index contributed by atoms with van der Waals surface area (Å²) in [5, 5.41) is 3.26. The van der Waals surface area contributed by atoms with Crippen molar-refractivity contribution in [1.29, 1.82) is 0 Å². The number of amides is 1. The Morgan fingerprint density at radius 1 is 1.37 bits per heavy atom. The fourth-order valence-electron chi connectivity index (χ4n) is 2.75.